The number of rotatable bonds is 2. The summed E-state index contributed by atoms with van der Waals surface area (Å²) in [6.45, 7) is 3.70. The Hall–Kier alpha value is -1.36. The fourth-order valence-corrected chi connectivity index (χ4v) is 3.42. The highest BCUT2D eigenvalue weighted by molar-refractivity contribution is 7.94. The molecule has 1 aromatic rings. The van der Waals surface area contributed by atoms with Gasteiger partial charge in [0.15, 0.2) is 16.1 Å². The van der Waals surface area contributed by atoms with Gasteiger partial charge >= 0.3 is 0 Å². The first-order valence-electron chi connectivity index (χ1n) is 4.99. The first-order chi connectivity index (χ1) is 7.44. The molecule has 0 saturated carbocycles. The Morgan fingerprint density at radius 2 is 2.12 bits per heavy atom. The van der Waals surface area contributed by atoms with Gasteiger partial charge in [0.2, 0.25) is 0 Å². The molecule has 1 aliphatic rings. The molecule has 16 heavy (non-hydrogen) atoms. The predicted molar refractivity (Wildman–Crippen MR) is 61.3 cm³/mol. The van der Waals surface area contributed by atoms with Crippen molar-refractivity contribution in [3.8, 4) is 0 Å². The van der Waals surface area contributed by atoms with Crippen LogP contribution in [-0.2, 0) is 9.84 Å². The maximum Gasteiger partial charge on any atom is 0.173 e. The fourth-order valence-electron chi connectivity index (χ4n) is 2.15. The zero-order valence-corrected chi connectivity index (χ0v) is 9.99. The van der Waals surface area contributed by atoms with Gasteiger partial charge in [0.1, 0.15) is 0 Å². The molecule has 1 aromatic heterocycles. The molecule has 0 spiro atoms. The second-order valence-electron chi connectivity index (χ2n) is 4.04. The fraction of sp³-hybridized carbons (Fsp3) is 0.364. The minimum Gasteiger partial charge on any atom is -0.341 e. The van der Waals surface area contributed by atoms with Gasteiger partial charge in [0, 0.05) is 22.4 Å². The van der Waals surface area contributed by atoms with Crippen molar-refractivity contribution >= 4 is 16.1 Å². The number of sulfone groups is 1. The Balaban J connectivity index is 2.47. The van der Waals surface area contributed by atoms with Crippen molar-refractivity contribution < 1.29 is 13.2 Å². The molecule has 0 amide bonds. The van der Waals surface area contributed by atoms with E-state index in [0.29, 0.717) is 5.56 Å². The molecule has 1 atom stereocenters. The van der Waals surface area contributed by atoms with Crippen LogP contribution in [0, 0.1) is 13.8 Å². The predicted octanol–water partition coefficient (Wildman–Crippen LogP) is 1.40. The van der Waals surface area contributed by atoms with Crippen molar-refractivity contribution in [2.75, 3.05) is 5.75 Å². The topological polar surface area (TPSA) is 56.1 Å². The van der Waals surface area contributed by atoms with Crippen LogP contribution in [0.1, 0.15) is 27.8 Å². The van der Waals surface area contributed by atoms with Crippen LogP contribution >= 0.6 is 0 Å². The normalized spacial score (nSPS) is 22.5. The third kappa shape index (κ3) is 1.71. The van der Waals surface area contributed by atoms with Crippen LogP contribution < -0.4 is 0 Å². The zero-order valence-electron chi connectivity index (χ0n) is 9.17. The minimum absolute atomic E-state index is 0.0850. The van der Waals surface area contributed by atoms with E-state index in [0.717, 1.165) is 17.7 Å². The van der Waals surface area contributed by atoms with Crippen LogP contribution in [0.3, 0.4) is 0 Å². The molecule has 0 N–H and O–H groups in total. The van der Waals surface area contributed by atoms with Gasteiger partial charge in [-0.05, 0) is 26.0 Å². The lowest BCUT2D eigenvalue weighted by Gasteiger charge is -2.14. The Kier molecular flexibility index (Phi) is 2.50. The van der Waals surface area contributed by atoms with Crippen LogP contribution in [0.4, 0.5) is 0 Å². The molecule has 0 saturated heterocycles. The molecule has 4 nitrogen and oxygen atoms in total. The van der Waals surface area contributed by atoms with Gasteiger partial charge < -0.3 is 4.57 Å². The van der Waals surface area contributed by atoms with E-state index in [9.17, 15) is 13.2 Å². The van der Waals surface area contributed by atoms with E-state index in [4.69, 9.17) is 0 Å². The van der Waals surface area contributed by atoms with E-state index in [-0.39, 0.29) is 11.8 Å². The summed E-state index contributed by atoms with van der Waals surface area (Å²) in [5.41, 5.74) is 2.35. The number of nitrogens with zero attached hydrogens (tertiary/aromatic N) is 1. The van der Waals surface area contributed by atoms with Crippen molar-refractivity contribution in [3.63, 3.8) is 0 Å². The molecule has 0 bridgehead atoms. The molecule has 2 rings (SSSR count). The number of hydrogen-bond acceptors (Lipinski definition) is 3. The molecule has 1 aliphatic heterocycles. The summed E-state index contributed by atoms with van der Waals surface area (Å²) in [7, 11) is -3.06. The minimum atomic E-state index is -3.06. The van der Waals surface area contributed by atoms with Crippen LogP contribution in [0.15, 0.2) is 17.6 Å². The molecular weight excluding hydrogens is 226 g/mol. The van der Waals surface area contributed by atoms with Gasteiger partial charge in [-0.1, -0.05) is 0 Å². The molecule has 0 radical (unpaired) electrons. The highest BCUT2D eigenvalue weighted by atomic mass is 32.2. The number of aldehydes is 1. The number of aryl methyl sites for hydroxylation is 1. The highest BCUT2D eigenvalue weighted by Crippen LogP contribution is 2.26. The van der Waals surface area contributed by atoms with Crippen molar-refractivity contribution in [2.24, 2.45) is 0 Å². The number of carbonyl (C=O) groups excluding carboxylic acids is 1. The quantitative estimate of drug-likeness (QED) is 0.733. The lowest BCUT2D eigenvalue weighted by atomic mass is 10.2. The lowest BCUT2D eigenvalue weighted by Crippen LogP contribution is -2.14. The Morgan fingerprint density at radius 3 is 2.56 bits per heavy atom. The first kappa shape index (κ1) is 11.1. The van der Waals surface area contributed by atoms with Crippen LogP contribution in [0.2, 0.25) is 0 Å². The summed E-state index contributed by atoms with van der Waals surface area (Å²) in [4.78, 5) is 10.8. The van der Waals surface area contributed by atoms with Gasteiger partial charge in [-0.25, -0.2) is 8.42 Å². The number of carbonyl (C=O) groups is 1. The number of allylic oxidation sites excluding steroid dienone is 1. The molecule has 1 unspecified atom stereocenters. The zero-order chi connectivity index (χ0) is 11.9. The number of aromatic nitrogens is 1. The van der Waals surface area contributed by atoms with Gasteiger partial charge in [0.25, 0.3) is 0 Å². The largest absolute Gasteiger partial charge is 0.341 e. The summed E-state index contributed by atoms with van der Waals surface area (Å²) < 4.78 is 24.6. The van der Waals surface area contributed by atoms with Crippen LogP contribution in [0.25, 0.3) is 0 Å². The third-order valence-electron chi connectivity index (χ3n) is 2.89. The summed E-state index contributed by atoms with van der Waals surface area (Å²) >= 11 is 0. The molecule has 2 heterocycles. The Bertz CT molecular complexity index is 566. The van der Waals surface area contributed by atoms with E-state index in [2.05, 4.69) is 0 Å². The van der Waals surface area contributed by atoms with Crippen molar-refractivity contribution in [2.45, 2.75) is 19.9 Å². The van der Waals surface area contributed by atoms with E-state index < -0.39 is 9.84 Å². The number of hydrogen-bond donors (Lipinski definition) is 0. The van der Waals surface area contributed by atoms with E-state index in [1.165, 1.54) is 5.41 Å². The van der Waals surface area contributed by atoms with Crippen LogP contribution in [0.5, 0.6) is 0 Å². The van der Waals surface area contributed by atoms with E-state index in [1.807, 2.05) is 18.4 Å². The standard InChI is InChI=1S/C11H13NO3S/c1-8-5-10(6-13)9(2)12(8)11-3-4-16(14,15)7-11/h3-6,11H,7H2,1-2H3. The van der Waals surface area contributed by atoms with Crippen LogP contribution in [-0.4, -0.2) is 25.0 Å². The summed E-state index contributed by atoms with van der Waals surface area (Å²) in [6.07, 6.45) is 2.47. The monoisotopic (exact) mass is 239 g/mol. The third-order valence-corrected chi connectivity index (χ3v) is 4.27. The summed E-state index contributed by atoms with van der Waals surface area (Å²) in [5, 5.41) is 1.25. The second-order valence-corrected chi connectivity index (χ2v) is 5.97. The van der Waals surface area contributed by atoms with Crippen molar-refractivity contribution in [1.82, 2.24) is 4.57 Å². The Morgan fingerprint density at radius 1 is 1.44 bits per heavy atom. The van der Waals surface area contributed by atoms with Crippen molar-refractivity contribution in [1.29, 1.82) is 0 Å². The molecule has 5 heteroatoms. The lowest BCUT2D eigenvalue weighted by molar-refractivity contribution is 0.112. The maximum atomic E-state index is 11.3. The Labute approximate surface area is 94.5 Å². The van der Waals surface area contributed by atoms with E-state index >= 15 is 0 Å². The van der Waals surface area contributed by atoms with Gasteiger partial charge in [-0.15, -0.1) is 0 Å². The maximum absolute atomic E-state index is 11.3. The highest BCUT2D eigenvalue weighted by Gasteiger charge is 2.25. The van der Waals surface area contributed by atoms with Crippen molar-refractivity contribution in [3.05, 3.63) is 34.5 Å². The summed E-state index contributed by atoms with van der Waals surface area (Å²) in [6, 6.07) is 1.60. The van der Waals surface area contributed by atoms with E-state index in [1.54, 1.807) is 12.1 Å². The van der Waals surface area contributed by atoms with Gasteiger partial charge in [-0.3, -0.25) is 4.79 Å². The van der Waals surface area contributed by atoms with Gasteiger partial charge in [-0.2, -0.15) is 0 Å². The average Bonchev–Trinajstić information content (AvgIpc) is 2.67. The molecule has 0 fully saturated rings. The molecular formula is C11H13NO3S. The smallest absolute Gasteiger partial charge is 0.173 e. The van der Waals surface area contributed by atoms with Gasteiger partial charge in [0.05, 0.1) is 11.8 Å². The molecule has 0 aliphatic carbocycles. The average molecular weight is 239 g/mol. The SMILES string of the molecule is Cc1cc(C=O)c(C)n1C1C=CS(=O)(=O)C1. The first-order valence-corrected chi connectivity index (χ1v) is 6.71. The molecule has 0 aromatic carbocycles. The summed E-state index contributed by atoms with van der Waals surface area (Å²) in [5.74, 6) is 0.0850. The molecule has 86 valence electrons. The second kappa shape index (κ2) is 3.59.